The zero-order valence-corrected chi connectivity index (χ0v) is 8.39. The monoisotopic (exact) mass is 184 g/mol. The summed E-state index contributed by atoms with van der Waals surface area (Å²) in [5.41, 5.74) is 1.09. The minimum absolute atomic E-state index is 0.0899. The van der Waals surface area contributed by atoms with Crippen LogP contribution in [0.5, 0.6) is 0 Å². The van der Waals surface area contributed by atoms with Gasteiger partial charge in [-0.1, -0.05) is 20.8 Å². The average Bonchev–Trinajstić information content (AvgIpc) is 2.05. The van der Waals surface area contributed by atoms with Gasteiger partial charge in [0.2, 0.25) is 5.28 Å². The molecule has 12 heavy (non-hydrogen) atoms. The third-order valence-electron chi connectivity index (χ3n) is 2.20. The predicted molar refractivity (Wildman–Crippen MR) is 50.4 cm³/mol. The standard InChI is InChI=1S/C9H13ClN2/c1-4-9(2,3)7-5-6-11-8(10)12-7/h5-6H,4H2,1-3H3. The van der Waals surface area contributed by atoms with Gasteiger partial charge in [0.05, 0.1) is 5.69 Å². The fourth-order valence-electron chi connectivity index (χ4n) is 0.893. The highest BCUT2D eigenvalue weighted by atomic mass is 35.5. The van der Waals surface area contributed by atoms with Crippen molar-refractivity contribution >= 4 is 11.6 Å². The Morgan fingerprint density at radius 2 is 2.17 bits per heavy atom. The van der Waals surface area contributed by atoms with E-state index in [0.717, 1.165) is 12.1 Å². The van der Waals surface area contributed by atoms with Crippen molar-refractivity contribution in [1.29, 1.82) is 0 Å². The third kappa shape index (κ3) is 1.95. The van der Waals surface area contributed by atoms with Gasteiger partial charge >= 0.3 is 0 Å². The molecule has 0 fully saturated rings. The molecule has 0 radical (unpaired) electrons. The summed E-state index contributed by atoms with van der Waals surface area (Å²) in [6.45, 7) is 6.42. The van der Waals surface area contributed by atoms with Crippen LogP contribution in [0.3, 0.4) is 0 Å². The van der Waals surface area contributed by atoms with Crippen LogP contribution in [-0.4, -0.2) is 9.97 Å². The van der Waals surface area contributed by atoms with E-state index >= 15 is 0 Å². The quantitative estimate of drug-likeness (QED) is 0.661. The number of halogens is 1. The lowest BCUT2D eigenvalue weighted by atomic mass is 9.86. The van der Waals surface area contributed by atoms with E-state index in [2.05, 4.69) is 30.7 Å². The van der Waals surface area contributed by atoms with Crippen molar-refractivity contribution in [3.63, 3.8) is 0 Å². The fourth-order valence-corrected chi connectivity index (χ4v) is 1.04. The molecule has 1 aromatic heterocycles. The number of hydrogen-bond acceptors (Lipinski definition) is 2. The highest BCUT2D eigenvalue weighted by molar-refractivity contribution is 6.28. The summed E-state index contributed by atoms with van der Waals surface area (Å²) < 4.78 is 0. The molecule has 0 N–H and O–H groups in total. The van der Waals surface area contributed by atoms with Gasteiger partial charge in [-0.25, -0.2) is 9.97 Å². The Bertz CT molecular complexity index is 271. The van der Waals surface area contributed by atoms with Gasteiger partial charge in [-0.3, -0.25) is 0 Å². The molecule has 0 atom stereocenters. The smallest absolute Gasteiger partial charge is 0.222 e. The third-order valence-corrected chi connectivity index (χ3v) is 2.39. The van der Waals surface area contributed by atoms with Crippen LogP contribution < -0.4 is 0 Å². The maximum Gasteiger partial charge on any atom is 0.222 e. The van der Waals surface area contributed by atoms with Crippen molar-refractivity contribution in [2.75, 3.05) is 0 Å². The first-order valence-electron chi connectivity index (χ1n) is 4.05. The van der Waals surface area contributed by atoms with Crippen LogP contribution in [0.15, 0.2) is 12.3 Å². The minimum atomic E-state index is 0.0899. The van der Waals surface area contributed by atoms with E-state index < -0.39 is 0 Å². The molecule has 0 bridgehead atoms. The van der Waals surface area contributed by atoms with Crippen LogP contribution in [0.2, 0.25) is 5.28 Å². The van der Waals surface area contributed by atoms with Gasteiger partial charge in [-0.05, 0) is 24.1 Å². The van der Waals surface area contributed by atoms with Crippen LogP contribution in [0.4, 0.5) is 0 Å². The predicted octanol–water partition coefficient (Wildman–Crippen LogP) is 2.82. The Morgan fingerprint density at radius 1 is 1.50 bits per heavy atom. The molecular weight excluding hydrogens is 172 g/mol. The molecule has 2 nitrogen and oxygen atoms in total. The number of aromatic nitrogens is 2. The van der Waals surface area contributed by atoms with Gasteiger partial charge in [0.15, 0.2) is 0 Å². The molecule has 0 saturated heterocycles. The van der Waals surface area contributed by atoms with E-state index in [1.54, 1.807) is 6.20 Å². The Labute approximate surface area is 78.0 Å². The van der Waals surface area contributed by atoms with Gasteiger partial charge < -0.3 is 0 Å². The van der Waals surface area contributed by atoms with E-state index in [9.17, 15) is 0 Å². The van der Waals surface area contributed by atoms with Crippen LogP contribution in [0.25, 0.3) is 0 Å². The van der Waals surface area contributed by atoms with Gasteiger partial charge in [0, 0.05) is 11.6 Å². The summed E-state index contributed by atoms with van der Waals surface area (Å²) in [5, 5.41) is 0.328. The minimum Gasteiger partial charge on any atom is -0.227 e. The molecule has 1 heterocycles. The topological polar surface area (TPSA) is 25.8 Å². The highest BCUT2D eigenvalue weighted by Crippen LogP contribution is 2.24. The molecule has 0 unspecified atom stereocenters. The van der Waals surface area contributed by atoms with Crippen molar-refractivity contribution in [2.45, 2.75) is 32.6 Å². The van der Waals surface area contributed by atoms with Crippen LogP contribution in [-0.2, 0) is 5.41 Å². The molecule has 0 aliphatic carbocycles. The Balaban J connectivity index is 3.03. The van der Waals surface area contributed by atoms with Gasteiger partial charge in [-0.15, -0.1) is 0 Å². The molecule has 0 spiro atoms. The molecule has 1 aromatic rings. The van der Waals surface area contributed by atoms with Crippen LogP contribution in [0, 0.1) is 0 Å². The summed E-state index contributed by atoms with van der Waals surface area (Å²) in [6.07, 6.45) is 2.74. The number of nitrogens with zero attached hydrogens (tertiary/aromatic N) is 2. The lowest BCUT2D eigenvalue weighted by molar-refractivity contribution is 0.489. The highest BCUT2D eigenvalue weighted by Gasteiger charge is 2.19. The first-order valence-corrected chi connectivity index (χ1v) is 4.43. The second-order valence-corrected chi connectivity index (χ2v) is 3.79. The van der Waals surface area contributed by atoms with E-state index in [-0.39, 0.29) is 5.41 Å². The lowest BCUT2D eigenvalue weighted by Gasteiger charge is -2.21. The van der Waals surface area contributed by atoms with Crippen molar-refractivity contribution in [1.82, 2.24) is 9.97 Å². The average molecular weight is 185 g/mol. The molecular formula is C9H13ClN2. The van der Waals surface area contributed by atoms with Crippen LogP contribution in [0.1, 0.15) is 32.9 Å². The summed E-state index contributed by atoms with van der Waals surface area (Å²) in [4.78, 5) is 8.01. The van der Waals surface area contributed by atoms with Crippen molar-refractivity contribution < 1.29 is 0 Å². The fraction of sp³-hybridized carbons (Fsp3) is 0.556. The maximum absolute atomic E-state index is 5.69. The molecule has 0 aliphatic heterocycles. The lowest BCUT2D eigenvalue weighted by Crippen LogP contribution is -2.17. The Hall–Kier alpha value is -0.630. The zero-order chi connectivity index (χ0) is 9.19. The molecule has 1 rings (SSSR count). The normalized spacial score (nSPS) is 11.7. The maximum atomic E-state index is 5.69. The Kier molecular flexibility index (Phi) is 2.68. The second kappa shape index (κ2) is 3.40. The SMILES string of the molecule is CCC(C)(C)c1ccnc(Cl)n1. The number of rotatable bonds is 2. The largest absolute Gasteiger partial charge is 0.227 e. The summed E-state index contributed by atoms with van der Waals surface area (Å²) in [5.74, 6) is 0. The first kappa shape index (κ1) is 9.46. The molecule has 0 amide bonds. The Morgan fingerprint density at radius 3 is 2.67 bits per heavy atom. The molecule has 0 aromatic carbocycles. The first-order chi connectivity index (χ1) is 5.56. The van der Waals surface area contributed by atoms with E-state index in [1.165, 1.54) is 0 Å². The summed E-state index contributed by atoms with van der Waals surface area (Å²) in [6, 6.07) is 1.91. The summed E-state index contributed by atoms with van der Waals surface area (Å²) in [7, 11) is 0. The van der Waals surface area contributed by atoms with Gasteiger partial charge in [0.1, 0.15) is 0 Å². The molecule has 0 aliphatic rings. The van der Waals surface area contributed by atoms with E-state index in [4.69, 9.17) is 11.6 Å². The van der Waals surface area contributed by atoms with E-state index in [0.29, 0.717) is 5.28 Å². The van der Waals surface area contributed by atoms with Crippen molar-refractivity contribution in [3.05, 3.63) is 23.2 Å². The van der Waals surface area contributed by atoms with Crippen LogP contribution >= 0.6 is 11.6 Å². The van der Waals surface area contributed by atoms with Crippen molar-refractivity contribution in [3.8, 4) is 0 Å². The zero-order valence-electron chi connectivity index (χ0n) is 7.63. The van der Waals surface area contributed by atoms with Gasteiger partial charge in [-0.2, -0.15) is 0 Å². The molecule has 66 valence electrons. The second-order valence-electron chi connectivity index (χ2n) is 3.45. The van der Waals surface area contributed by atoms with E-state index in [1.807, 2.05) is 6.07 Å². The summed E-state index contributed by atoms with van der Waals surface area (Å²) >= 11 is 5.69. The molecule has 3 heteroatoms. The van der Waals surface area contributed by atoms with Gasteiger partial charge in [0.25, 0.3) is 0 Å². The molecule has 0 saturated carbocycles. The van der Waals surface area contributed by atoms with Crippen molar-refractivity contribution in [2.24, 2.45) is 0 Å². The number of hydrogen-bond donors (Lipinski definition) is 0.